The summed E-state index contributed by atoms with van der Waals surface area (Å²) in [6.07, 6.45) is -0.285. The van der Waals surface area contributed by atoms with Gasteiger partial charge in [-0.05, 0) is 49.7 Å². The van der Waals surface area contributed by atoms with Crippen molar-refractivity contribution in [2.75, 3.05) is 0 Å². The number of hydrogen-bond donors (Lipinski definition) is 0. The van der Waals surface area contributed by atoms with E-state index in [0.29, 0.717) is 0 Å². The van der Waals surface area contributed by atoms with Crippen LogP contribution in [0.4, 0.5) is 0 Å². The number of hydrogen-bond acceptors (Lipinski definition) is 3. The third-order valence-electron chi connectivity index (χ3n) is 3.06. The molecule has 1 aliphatic rings. The van der Waals surface area contributed by atoms with Gasteiger partial charge in [-0.1, -0.05) is 0 Å². The SMILES string of the molecule is [2H]c1nc([2H])c(B2OC(C)(C)C(C)(C)O2)c([2H])c1Br. The Balaban J connectivity index is 2.49. The molecule has 2 rings (SSSR count). The topological polar surface area (TPSA) is 31.4 Å². The van der Waals surface area contributed by atoms with Crippen molar-refractivity contribution < 1.29 is 13.4 Å². The number of aromatic nitrogens is 1. The highest BCUT2D eigenvalue weighted by Crippen LogP contribution is 2.36. The average Bonchev–Trinajstić information content (AvgIpc) is 2.44. The van der Waals surface area contributed by atoms with Crippen LogP contribution >= 0.6 is 15.9 Å². The summed E-state index contributed by atoms with van der Waals surface area (Å²) in [6.45, 7) is 7.62. The lowest BCUT2D eigenvalue weighted by Gasteiger charge is -2.32. The van der Waals surface area contributed by atoms with Crippen LogP contribution in [0.15, 0.2) is 22.9 Å². The maximum atomic E-state index is 8.01. The molecule has 0 saturated carbocycles. The van der Waals surface area contributed by atoms with Crippen LogP contribution in [0.5, 0.6) is 0 Å². The summed E-state index contributed by atoms with van der Waals surface area (Å²) >= 11 is 3.14. The molecule has 1 saturated heterocycles. The minimum absolute atomic E-state index is 0.0171. The molecule has 1 aromatic heterocycles. The van der Waals surface area contributed by atoms with E-state index in [2.05, 4.69) is 20.9 Å². The van der Waals surface area contributed by atoms with Crippen molar-refractivity contribution in [3.05, 3.63) is 22.9 Å². The molecule has 86 valence electrons. The van der Waals surface area contributed by atoms with E-state index in [1.165, 1.54) is 0 Å². The van der Waals surface area contributed by atoms with Gasteiger partial charge in [0.15, 0.2) is 0 Å². The fraction of sp³-hybridized carbons (Fsp3) is 0.545. The molecule has 5 heteroatoms. The molecular formula is C11H15BBrNO2. The van der Waals surface area contributed by atoms with Crippen LogP contribution in [0.1, 0.15) is 31.8 Å². The first-order valence-electron chi connectivity index (χ1n) is 6.55. The highest BCUT2D eigenvalue weighted by atomic mass is 79.9. The Labute approximate surface area is 109 Å². The van der Waals surface area contributed by atoms with Crippen molar-refractivity contribution in [1.29, 1.82) is 0 Å². The third kappa shape index (κ3) is 2.04. The summed E-state index contributed by atoms with van der Waals surface area (Å²) < 4.78 is 35.3. The second kappa shape index (κ2) is 3.82. The molecule has 0 aliphatic carbocycles. The van der Waals surface area contributed by atoms with Crippen molar-refractivity contribution in [3.8, 4) is 0 Å². The first-order valence-corrected chi connectivity index (χ1v) is 5.85. The van der Waals surface area contributed by atoms with Crippen LogP contribution in [0.3, 0.4) is 0 Å². The maximum absolute atomic E-state index is 8.01. The fourth-order valence-corrected chi connectivity index (χ4v) is 1.69. The van der Waals surface area contributed by atoms with Gasteiger partial charge in [0, 0.05) is 22.3 Å². The number of rotatable bonds is 1. The van der Waals surface area contributed by atoms with E-state index in [4.69, 9.17) is 13.4 Å². The largest absolute Gasteiger partial charge is 0.496 e. The number of halogens is 1. The van der Waals surface area contributed by atoms with Crippen LogP contribution < -0.4 is 5.46 Å². The van der Waals surface area contributed by atoms with Crippen molar-refractivity contribution in [2.24, 2.45) is 0 Å². The molecule has 0 unspecified atom stereocenters. The zero-order chi connectivity index (χ0) is 14.6. The van der Waals surface area contributed by atoms with Crippen molar-refractivity contribution in [2.45, 2.75) is 38.9 Å². The lowest BCUT2D eigenvalue weighted by Crippen LogP contribution is -2.41. The van der Waals surface area contributed by atoms with E-state index in [0.717, 1.165) is 0 Å². The molecule has 1 aromatic rings. The standard InChI is InChI=1S/C11H15BBrNO2/c1-10(2)11(3,4)16-12(15-10)8-5-9(13)7-14-6-8/h5-7H,1-4H3/i5D,6D,7D. The van der Waals surface area contributed by atoms with Gasteiger partial charge < -0.3 is 9.31 Å². The molecule has 2 heterocycles. The molecule has 0 bridgehead atoms. The lowest BCUT2D eigenvalue weighted by molar-refractivity contribution is 0.00578. The minimum Gasteiger partial charge on any atom is -0.399 e. The van der Waals surface area contributed by atoms with Crippen LogP contribution in [0, 0.1) is 0 Å². The first-order chi connectivity index (χ1) is 8.57. The first kappa shape index (κ1) is 8.67. The Bertz CT molecular complexity index is 523. The van der Waals surface area contributed by atoms with Gasteiger partial charge >= 0.3 is 7.12 Å². The van der Waals surface area contributed by atoms with Gasteiger partial charge in [-0.25, -0.2) is 0 Å². The average molecular weight is 287 g/mol. The molecule has 0 radical (unpaired) electrons. The van der Waals surface area contributed by atoms with E-state index < -0.39 is 18.3 Å². The lowest BCUT2D eigenvalue weighted by atomic mass is 9.80. The monoisotopic (exact) mass is 286 g/mol. The van der Waals surface area contributed by atoms with Gasteiger partial charge in [0.1, 0.15) is 0 Å². The Morgan fingerprint density at radius 1 is 1.25 bits per heavy atom. The molecule has 1 fully saturated rings. The molecule has 16 heavy (non-hydrogen) atoms. The van der Waals surface area contributed by atoms with Gasteiger partial charge in [-0.2, -0.15) is 0 Å². The summed E-state index contributed by atoms with van der Waals surface area (Å²) in [5.74, 6) is 0. The van der Waals surface area contributed by atoms with Gasteiger partial charge in [0.25, 0.3) is 0 Å². The molecular weight excluding hydrogens is 269 g/mol. The Kier molecular flexibility index (Phi) is 2.07. The summed E-state index contributed by atoms with van der Waals surface area (Å²) in [5.41, 5.74) is -0.827. The Morgan fingerprint density at radius 2 is 1.81 bits per heavy atom. The Morgan fingerprint density at radius 3 is 2.38 bits per heavy atom. The highest BCUT2D eigenvalue weighted by molar-refractivity contribution is 9.10. The molecule has 0 aromatic carbocycles. The number of pyridine rings is 1. The van der Waals surface area contributed by atoms with E-state index in [-0.39, 0.29) is 28.3 Å². The van der Waals surface area contributed by atoms with E-state index in [1.807, 2.05) is 27.7 Å². The second-order valence-electron chi connectivity index (χ2n) is 4.78. The highest BCUT2D eigenvalue weighted by Gasteiger charge is 2.51. The summed E-state index contributed by atoms with van der Waals surface area (Å²) in [7, 11) is -0.811. The predicted octanol–water partition coefficient (Wildman–Crippen LogP) is 2.14. The number of nitrogens with zero attached hydrogens (tertiary/aromatic N) is 1. The molecule has 0 atom stereocenters. The third-order valence-corrected chi connectivity index (χ3v) is 3.44. The normalized spacial score (nSPS) is 25.1. The Hall–Kier alpha value is -0.385. The molecule has 0 amide bonds. The molecule has 3 nitrogen and oxygen atoms in total. The zero-order valence-electron chi connectivity index (χ0n) is 12.7. The van der Waals surface area contributed by atoms with Crippen molar-refractivity contribution >= 4 is 28.5 Å². The molecule has 0 N–H and O–H groups in total. The van der Waals surface area contributed by atoms with Gasteiger partial charge in [-0.3, -0.25) is 4.98 Å². The van der Waals surface area contributed by atoms with Gasteiger partial charge in [-0.15, -0.1) is 0 Å². The second-order valence-corrected chi connectivity index (χ2v) is 5.57. The van der Waals surface area contributed by atoms with Crippen molar-refractivity contribution in [3.63, 3.8) is 0 Å². The van der Waals surface area contributed by atoms with Gasteiger partial charge in [0.05, 0.1) is 15.3 Å². The van der Waals surface area contributed by atoms with Crippen LogP contribution in [0.2, 0.25) is 0 Å². The summed E-state index contributed by atoms with van der Waals surface area (Å²) in [6, 6.07) is 0.0171. The predicted molar refractivity (Wildman–Crippen MR) is 67.7 cm³/mol. The van der Waals surface area contributed by atoms with Crippen LogP contribution in [-0.4, -0.2) is 23.3 Å². The van der Waals surface area contributed by atoms with E-state index >= 15 is 0 Å². The smallest absolute Gasteiger partial charge is 0.399 e. The minimum atomic E-state index is -0.811. The summed E-state index contributed by atoms with van der Waals surface area (Å²) in [4.78, 5) is 3.78. The van der Waals surface area contributed by atoms with E-state index in [9.17, 15) is 0 Å². The fourth-order valence-electron chi connectivity index (χ4n) is 1.38. The van der Waals surface area contributed by atoms with Crippen LogP contribution in [-0.2, 0) is 9.31 Å². The van der Waals surface area contributed by atoms with Gasteiger partial charge in [0.2, 0.25) is 0 Å². The molecule has 0 spiro atoms. The van der Waals surface area contributed by atoms with Crippen molar-refractivity contribution in [1.82, 2.24) is 4.98 Å². The maximum Gasteiger partial charge on any atom is 0.496 e. The van der Waals surface area contributed by atoms with E-state index in [1.54, 1.807) is 0 Å². The quantitative estimate of drug-likeness (QED) is 0.742. The van der Waals surface area contributed by atoms with Crippen LogP contribution in [0.25, 0.3) is 0 Å². The summed E-state index contributed by atoms with van der Waals surface area (Å²) in [5, 5.41) is 0. The molecule has 1 aliphatic heterocycles. The zero-order valence-corrected chi connectivity index (χ0v) is 11.3.